The molecule has 0 aliphatic carbocycles. The number of likely N-dealkylation sites (tertiary alicyclic amines) is 1. The highest BCUT2D eigenvalue weighted by Crippen LogP contribution is 2.27. The molecule has 5 rings (SSSR count). The third kappa shape index (κ3) is 6.92. The van der Waals surface area contributed by atoms with Crippen LogP contribution >= 0.6 is 0 Å². The standard InChI is InChI=1S/C32H36N2O4/c1-32(2,3)31-19-26(33-38-31)18-28(35)17-25-9-7-23(8-10-25)5-6-24-11-13-29(14-12-24)36-16-4-15-34-21-30-20-27(34)22-37-30/h7-14,19,27,30H,4,15-18,20-22H2,1-3H3. The van der Waals surface area contributed by atoms with Crippen LogP contribution in [0.25, 0.3) is 0 Å². The number of aromatic nitrogens is 1. The summed E-state index contributed by atoms with van der Waals surface area (Å²) in [6.07, 6.45) is 3.30. The van der Waals surface area contributed by atoms with Gasteiger partial charge in [0, 0.05) is 48.2 Å². The molecule has 2 aliphatic heterocycles. The lowest BCUT2D eigenvalue weighted by Gasteiger charge is -2.26. The molecule has 2 unspecified atom stereocenters. The van der Waals surface area contributed by atoms with E-state index in [0.717, 1.165) is 54.3 Å². The minimum absolute atomic E-state index is 0.109. The normalized spacial score (nSPS) is 18.8. The fraction of sp³-hybridized carbons (Fsp3) is 0.438. The first-order chi connectivity index (χ1) is 18.3. The number of rotatable bonds is 9. The summed E-state index contributed by atoms with van der Waals surface area (Å²) in [6.45, 7) is 9.92. The Labute approximate surface area is 225 Å². The van der Waals surface area contributed by atoms with E-state index in [0.29, 0.717) is 30.9 Å². The van der Waals surface area contributed by atoms with Gasteiger partial charge in [0.1, 0.15) is 17.3 Å². The fourth-order valence-corrected chi connectivity index (χ4v) is 4.94. The van der Waals surface area contributed by atoms with Crippen molar-refractivity contribution in [3.05, 3.63) is 82.7 Å². The maximum absolute atomic E-state index is 12.5. The van der Waals surface area contributed by atoms with Gasteiger partial charge < -0.3 is 14.0 Å². The molecule has 1 aromatic heterocycles. The van der Waals surface area contributed by atoms with Crippen LogP contribution in [0.3, 0.4) is 0 Å². The lowest BCUT2D eigenvalue weighted by Crippen LogP contribution is -2.37. The Bertz CT molecular complexity index is 1290. The molecular weight excluding hydrogens is 476 g/mol. The predicted octanol–water partition coefficient (Wildman–Crippen LogP) is 4.97. The minimum Gasteiger partial charge on any atom is -0.494 e. The summed E-state index contributed by atoms with van der Waals surface area (Å²) in [5.74, 6) is 8.18. The van der Waals surface area contributed by atoms with Crippen LogP contribution in [-0.2, 0) is 27.8 Å². The average Bonchev–Trinajstić information content (AvgIpc) is 3.64. The van der Waals surface area contributed by atoms with E-state index >= 15 is 0 Å². The van der Waals surface area contributed by atoms with Crippen LogP contribution in [0.5, 0.6) is 5.75 Å². The van der Waals surface area contributed by atoms with Gasteiger partial charge in [-0.25, -0.2) is 0 Å². The predicted molar refractivity (Wildman–Crippen MR) is 146 cm³/mol. The Kier molecular flexibility index (Phi) is 7.97. The molecule has 2 fully saturated rings. The smallest absolute Gasteiger partial charge is 0.143 e. The summed E-state index contributed by atoms with van der Waals surface area (Å²) in [4.78, 5) is 15.0. The number of morpholine rings is 1. The van der Waals surface area contributed by atoms with E-state index in [1.165, 1.54) is 6.42 Å². The zero-order valence-electron chi connectivity index (χ0n) is 22.5. The van der Waals surface area contributed by atoms with Crippen LogP contribution in [0.4, 0.5) is 0 Å². The highest BCUT2D eigenvalue weighted by atomic mass is 16.5. The number of hydrogen-bond donors (Lipinski definition) is 0. The van der Waals surface area contributed by atoms with Crippen molar-refractivity contribution in [1.29, 1.82) is 0 Å². The second-order valence-corrected chi connectivity index (χ2v) is 11.3. The van der Waals surface area contributed by atoms with E-state index in [9.17, 15) is 4.79 Å². The van der Waals surface area contributed by atoms with E-state index in [1.54, 1.807) is 0 Å². The van der Waals surface area contributed by atoms with Crippen molar-refractivity contribution in [2.24, 2.45) is 0 Å². The van der Waals surface area contributed by atoms with Crippen molar-refractivity contribution >= 4 is 5.78 Å². The van der Waals surface area contributed by atoms with Gasteiger partial charge in [-0.15, -0.1) is 0 Å². The molecule has 6 nitrogen and oxygen atoms in total. The van der Waals surface area contributed by atoms with Crippen LogP contribution in [0.2, 0.25) is 0 Å². The number of carbonyl (C=O) groups excluding carboxylic acids is 1. The SMILES string of the molecule is CC(C)(C)c1cc(CC(=O)Cc2ccc(C#Cc3ccc(OCCCN4CC5CC4CO5)cc3)cc2)no1. The van der Waals surface area contributed by atoms with Crippen molar-refractivity contribution in [2.75, 3.05) is 26.3 Å². The van der Waals surface area contributed by atoms with Crippen molar-refractivity contribution < 1.29 is 18.8 Å². The number of Topliss-reactive ketones (excluding diaryl/α,β-unsaturated/α-hetero) is 1. The maximum atomic E-state index is 12.5. The number of ether oxygens (including phenoxy) is 2. The molecule has 3 heterocycles. The Balaban J connectivity index is 1.05. The zero-order chi connectivity index (χ0) is 26.5. The number of carbonyl (C=O) groups is 1. The monoisotopic (exact) mass is 512 g/mol. The minimum atomic E-state index is -0.121. The quantitative estimate of drug-likeness (QED) is 0.298. The number of fused-ring (bicyclic) bond motifs is 2. The second kappa shape index (κ2) is 11.6. The third-order valence-electron chi connectivity index (χ3n) is 7.11. The van der Waals surface area contributed by atoms with Crippen LogP contribution < -0.4 is 4.74 Å². The summed E-state index contributed by atoms with van der Waals surface area (Å²) >= 11 is 0. The molecule has 2 bridgehead atoms. The van der Waals surface area contributed by atoms with Gasteiger partial charge in [0.2, 0.25) is 0 Å². The first-order valence-corrected chi connectivity index (χ1v) is 13.5. The van der Waals surface area contributed by atoms with Gasteiger partial charge in [-0.1, -0.05) is 49.9 Å². The van der Waals surface area contributed by atoms with Gasteiger partial charge in [0.25, 0.3) is 0 Å². The summed E-state index contributed by atoms with van der Waals surface area (Å²) in [7, 11) is 0. The Morgan fingerprint density at radius 1 is 1.05 bits per heavy atom. The average molecular weight is 513 g/mol. The summed E-state index contributed by atoms with van der Waals surface area (Å²) < 4.78 is 17.0. The Hall–Kier alpha value is -3.40. The molecule has 2 saturated heterocycles. The van der Waals surface area contributed by atoms with Gasteiger partial charge in [0.05, 0.1) is 31.4 Å². The van der Waals surface area contributed by atoms with Crippen LogP contribution in [0.15, 0.2) is 59.1 Å². The van der Waals surface area contributed by atoms with Crippen molar-refractivity contribution in [1.82, 2.24) is 10.1 Å². The molecule has 6 heteroatoms. The van der Waals surface area contributed by atoms with E-state index < -0.39 is 0 Å². The fourth-order valence-electron chi connectivity index (χ4n) is 4.94. The number of nitrogens with zero attached hydrogens (tertiary/aromatic N) is 2. The van der Waals surface area contributed by atoms with Gasteiger partial charge in [-0.2, -0.15) is 0 Å². The zero-order valence-corrected chi connectivity index (χ0v) is 22.5. The third-order valence-corrected chi connectivity index (χ3v) is 7.11. The van der Waals surface area contributed by atoms with E-state index in [2.05, 4.69) is 42.7 Å². The van der Waals surface area contributed by atoms with Crippen molar-refractivity contribution in [3.63, 3.8) is 0 Å². The first-order valence-electron chi connectivity index (χ1n) is 13.5. The highest BCUT2D eigenvalue weighted by molar-refractivity contribution is 5.82. The number of benzene rings is 2. The molecule has 0 radical (unpaired) electrons. The molecule has 38 heavy (non-hydrogen) atoms. The largest absolute Gasteiger partial charge is 0.494 e. The second-order valence-electron chi connectivity index (χ2n) is 11.3. The van der Waals surface area contributed by atoms with E-state index in [4.69, 9.17) is 14.0 Å². The van der Waals surface area contributed by atoms with Gasteiger partial charge >= 0.3 is 0 Å². The Morgan fingerprint density at radius 3 is 2.37 bits per heavy atom. The molecule has 0 spiro atoms. The highest BCUT2D eigenvalue weighted by Gasteiger charge is 2.38. The van der Waals surface area contributed by atoms with E-state index in [-0.39, 0.29) is 17.6 Å². The van der Waals surface area contributed by atoms with Crippen LogP contribution in [-0.4, -0.2) is 54.3 Å². The van der Waals surface area contributed by atoms with E-state index in [1.807, 2.05) is 54.6 Å². The molecular formula is C32H36N2O4. The van der Waals surface area contributed by atoms with Gasteiger partial charge in [-0.3, -0.25) is 9.69 Å². The summed E-state index contributed by atoms with van der Waals surface area (Å²) in [6, 6.07) is 18.3. The lowest BCUT2D eigenvalue weighted by atomic mass is 9.93. The molecule has 0 amide bonds. The molecule has 0 saturated carbocycles. The topological polar surface area (TPSA) is 64.8 Å². The lowest BCUT2D eigenvalue weighted by molar-refractivity contribution is -0.117. The van der Waals surface area contributed by atoms with Crippen molar-refractivity contribution in [3.8, 4) is 17.6 Å². The number of ketones is 1. The molecule has 198 valence electrons. The molecule has 2 atom stereocenters. The molecule has 2 aromatic carbocycles. The Morgan fingerprint density at radius 2 is 1.76 bits per heavy atom. The summed E-state index contributed by atoms with van der Waals surface area (Å²) in [5.41, 5.74) is 3.38. The molecule has 0 N–H and O–H groups in total. The number of hydrogen-bond acceptors (Lipinski definition) is 6. The molecule has 2 aliphatic rings. The maximum Gasteiger partial charge on any atom is 0.143 e. The van der Waals surface area contributed by atoms with Crippen LogP contribution in [0, 0.1) is 11.8 Å². The van der Waals surface area contributed by atoms with Gasteiger partial charge in [-0.05, 0) is 54.8 Å². The molecule has 3 aromatic rings. The first kappa shape index (κ1) is 26.2. The van der Waals surface area contributed by atoms with Crippen LogP contribution in [0.1, 0.15) is 61.8 Å². The van der Waals surface area contributed by atoms with Gasteiger partial charge in [0.15, 0.2) is 0 Å². The van der Waals surface area contributed by atoms with Crippen molar-refractivity contribution in [2.45, 2.75) is 64.0 Å². The summed E-state index contributed by atoms with van der Waals surface area (Å²) in [5, 5.41) is 4.05.